The van der Waals surface area contributed by atoms with Crippen LogP contribution in [0.5, 0.6) is 0 Å². The second-order valence-corrected chi connectivity index (χ2v) is 5.98. The maximum absolute atomic E-state index is 4.50. The third kappa shape index (κ3) is 2.05. The maximum Gasteiger partial charge on any atom is 0.173 e. The molecule has 2 N–H and O–H groups in total. The Kier molecular flexibility index (Phi) is 2.91. The predicted octanol–water partition coefficient (Wildman–Crippen LogP) is 3.60. The van der Waals surface area contributed by atoms with Crippen molar-refractivity contribution in [1.29, 1.82) is 0 Å². The van der Waals surface area contributed by atoms with Crippen molar-refractivity contribution in [2.75, 3.05) is 11.6 Å². The van der Waals surface area contributed by atoms with Gasteiger partial charge < -0.3 is 9.88 Å². The smallest absolute Gasteiger partial charge is 0.173 e. The minimum absolute atomic E-state index is 0.667. The van der Waals surface area contributed by atoms with E-state index in [0.717, 1.165) is 44.8 Å². The van der Waals surface area contributed by atoms with Crippen molar-refractivity contribution in [3.05, 3.63) is 48.2 Å². The minimum Gasteiger partial charge on any atom is -0.359 e. The normalized spacial score (nSPS) is 14.4. The minimum atomic E-state index is 0.667. The molecule has 5 heteroatoms. The standard InChI is InChI=1S/C20H15N5/c1-2-4-14-10-22-20-15(5-3-6-16(14)20)13-7-8-17-18(9-13)25-12-23-24-19(25)11-21-17/h3,5-11,22-23H,12H2,1H3. The molecular formula is C20H15N5. The predicted molar refractivity (Wildman–Crippen MR) is 102 cm³/mol. The molecule has 25 heavy (non-hydrogen) atoms. The Labute approximate surface area is 145 Å². The number of benzene rings is 2. The van der Waals surface area contributed by atoms with Gasteiger partial charge in [0.1, 0.15) is 6.67 Å². The molecule has 120 valence electrons. The number of nitrogens with one attached hydrogen (secondary N) is 2. The summed E-state index contributed by atoms with van der Waals surface area (Å²) in [7, 11) is 0. The molecule has 0 saturated heterocycles. The van der Waals surface area contributed by atoms with Crippen molar-refractivity contribution >= 4 is 34.3 Å². The van der Waals surface area contributed by atoms with Gasteiger partial charge in [0, 0.05) is 22.7 Å². The van der Waals surface area contributed by atoms with Gasteiger partial charge in [0.05, 0.1) is 23.1 Å². The Morgan fingerprint density at radius 2 is 2.16 bits per heavy atom. The number of rotatable bonds is 1. The summed E-state index contributed by atoms with van der Waals surface area (Å²) in [4.78, 5) is 10.0. The molecule has 3 heterocycles. The van der Waals surface area contributed by atoms with Crippen molar-refractivity contribution in [2.24, 2.45) is 10.1 Å². The first kappa shape index (κ1) is 13.9. The molecule has 1 aromatic heterocycles. The van der Waals surface area contributed by atoms with Gasteiger partial charge in [0.25, 0.3) is 0 Å². The molecule has 5 rings (SSSR count). The molecule has 5 nitrogen and oxygen atoms in total. The number of fused-ring (bicyclic) bond motifs is 4. The van der Waals surface area contributed by atoms with Gasteiger partial charge in [-0.1, -0.05) is 30.2 Å². The third-order valence-electron chi connectivity index (χ3n) is 4.57. The van der Waals surface area contributed by atoms with Crippen LogP contribution in [-0.2, 0) is 0 Å². The molecule has 0 atom stereocenters. The van der Waals surface area contributed by atoms with Crippen LogP contribution in [0.25, 0.3) is 22.0 Å². The first-order valence-corrected chi connectivity index (χ1v) is 8.14. The van der Waals surface area contributed by atoms with E-state index in [9.17, 15) is 0 Å². The third-order valence-corrected chi connectivity index (χ3v) is 4.57. The van der Waals surface area contributed by atoms with Crippen molar-refractivity contribution in [3.63, 3.8) is 0 Å². The van der Waals surface area contributed by atoms with Crippen LogP contribution in [0.4, 0.5) is 11.4 Å². The van der Waals surface area contributed by atoms with Crippen molar-refractivity contribution < 1.29 is 0 Å². The molecule has 0 fully saturated rings. The lowest BCUT2D eigenvalue weighted by molar-refractivity contribution is 0.808. The van der Waals surface area contributed by atoms with Crippen molar-refractivity contribution in [2.45, 2.75) is 6.92 Å². The number of aliphatic imine (C=N–C) groups is 1. The summed E-state index contributed by atoms with van der Waals surface area (Å²) in [5, 5.41) is 5.40. The van der Waals surface area contributed by atoms with Crippen LogP contribution >= 0.6 is 0 Å². The number of hydrogen-bond acceptors (Lipinski definition) is 4. The number of para-hydroxylation sites is 1. The molecule has 3 aromatic rings. The highest BCUT2D eigenvalue weighted by Crippen LogP contribution is 2.38. The van der Waals surface area contributed by atoms with E-state index >= 15 is 0 Å². The Morgan fingerprint density at radius 1 is 1.20 bits per heavy atom. The summed E-state index contributed by atoms with van der Waals surface area (Å²) in [6.07, 6.45) is 3.77. The SMILES string of the molecule is CC#Cc1c[nH]c2c(-c3ccc4c(c3)N3CNN=C3C=N4)cccc12. The van der Waals surface area contributed by atoms with Gasteiger partial charge in [-0.2, -0.15) is 5.10 Å². The first-order valence-electron chi connectivity index (χ1n) is 8.14. The second kappa shape index (κ2) is 5.25. The van der Waals surface area contributed by atoms with E-state index in [0.29, 0.717) is 6.67 Å². The molecule has 0 radical (unpaired) electrons. The number of hydrogen-bond donors (Lipinski definition) is 2. The molecule has 2 aromatic carbocycles. The zero-order valence-corrected chi connectivity index (χ0v) is 13.7. The van der Waals surface area contributed by atoms with Gasteiger partial charge in [0.2, 0.25) is 0 Å². The summed E-state index contributed by atoms with van der Waals surface area (Å²) in [6.45, 7) is 2.52. The lowest BCUT2D eigenvalue weighted by Gasteiger charge is -2.23. The summed E-state index contributed by atoms with van der Waals surface area (Å²) in [6, 6.07) is 12.7. The van der Waals surface area contributed by atoms with Crippen LogP contribution < -0.4 is 10.3 Å². The lowest BCUT2D eigenvalue weighted by Crippen LogP contribution is -2.31. The summed E-state index contributed by atoms with van der Waals surface area (Å²) < 4.78 is 0. The first-order chi connectivity index (χ1) is 12.3. The van der Waals surface area contributed by atoms with Crippen LogP contribution in [0, 0.1) is 11.8 Å². The highest BCUT2D eigenvalue weighted by Gasteiger charge is 2.24. The Morgan fingerprint density at radius 3 is 3.08 bits per heavy atom. The zero-order valence-electron chi connectivity index (χ0n) is 13.7. The van der Waals surface area contributed by atoms with Gasteiger partial charge >= 0.3 is 0 Å². The average Bonchev–Trinajstić information content (AvgIpc) is 3.29. The van der Waals surface area contributed by atoms with Gasteiger partial charge in [-0.25, -0.2) is 0 Å². The fourth-order valence-electron chi connectivity index (χ4n) is 3.41. The van der Waals surface area contributed by atoms with E-state index in [1.165, 1.54) is 0 Å². The van der Waals surface area contributed by atoms with Crippen molar-refractivity contribution in [3.8, 4) is 23.0 Å². The Hall–Kier alpha value is -3.52. The summed E-state index contributed by atoms with van der Waals surface area (Å²) >= 11 is 0. The van der Waals surface area contributed by atoms with Crippen LogP contribution in [-0.4, -0.2) is 23.7 Å². The quantitative estimate of drug-likeness (QED) is 0.672. The van der Waals surface area contributed by atoms with Crippen LogP contribution in [0.1, 0.15) is 12.5 Å². The number of hydrazone groups is 1. The molecule has 0 amide bonds. The topological polar surface area (TPSA) is 55.8 Å². The maximum atomic E-state index is 4.50. The van der Waals surface area contributed by atoms with E-state index in [1.807, 2.05) is 13.1 Å². The fourth-order valence-corrected chi connectivity index (χ4v) is 3.41. The van der Waals surface area contributed by atoms with E-state index in [2.05, 4.69) is 73.6 Å². The molecule has 2 aliphatic heterocycles. The highest BCUT2D eigenvalue weighted by atomic mass is 15.5. The van der Waals surface area contributed by atoms with Crippen LogP contribution in [0.3, 0.4) is 0 Å². The Bertz CT molecular complexity index is 1120. The molecule has 0 unspecified atom stereocenters. The van der Waals surface area contributed by atoms with Gasteiger partial charge in [-0.05, 0) is 24.6 Å². The summed E-state index contributed by atoms with van der Waals surface area (Å²) in [5.74, 6) is 6.98. The number of nitrogens with zero attached hydrogens (tertiary/aromatic N) is 3. The molecule has 2 aliphatic rings. The van der Waals surface area contributed by atoms with Crippen LogP contribution in [0.15, 0.2) is 52.7 Å². The van der Waals surface area contributed by atoms with Gasteiger partial charge in [-0.3, -0.25) is 10.4 Å². The molecule has 0 spiro atoms. The van der Waals surface area contributed by atoms with E-state index in [-0.39, 0.29) is 0 Å². The highest BCUT2D eigenvalue weighted by molar-refractivity contribution is 6.38. The lowest BCUT2D eigenvalue weighted by atomic mass is 10.00. The number of amidine groups is 1. The monoisotopic (exact) mass is 325 g/mol. The molecule has 0 aliphatic carbocycles. The number of anilines is 1. The Balaban J connectivity index is 1.69. The number of aromatic amines is 1. The van der Waals surface area contributed by atoms with E-state index in [4.69, 9.17) is 0 Å². The second-order valence-electron chi connectivity index (χ2n) is 5.98. The van der Waals surface area contributed by atoms with E-state index in [1.54, 1.807) is 6.21 Å². The summed E-state index contributed by atoms with van der Waals surface area (Å²) in [5.41, 5.74) is 9.48. The molecule has 0 bridgehead atoms. The zero-order chi connectivity index (χ0) is 16.8. The molecule has 0 saturated carbocycles. The van der Waals surface area contributed by atoms with Gasteiger partial charge in [-0.15, -0.1) is 5.92 Å². The molecular weight excluding hydrogens is 310 g/mol. The van der Waals surface area contributed by atoms with E-state index < -0.39 is 0 Å². The van der Waals surface area contributed by atoms with Crippen LogP contribution in [0.2, 0.25) is 0 Å². The van der Waals surface area contributed by atoms with Gasteiger partial charge in [0.15, 0.2) is 5.84 Å². The number of H-pyrrole nitrogens is 1. The largest absolute Gasteiger partial charge is 0.359 e. The number of aromatic nitrogens is 1. The fraction of sp³-hybridized carbons (Fsp3) is 0.100. The van der Waals surface area contributed by atoms with Crippen molar-refractivity contribution in [1.82, 2.24) is 10.4 Å². The average molecular weight is 325 g/mol.